The van der Waals surface area contributed by atoms with Gasteiger partial charge in [-0.3, -0.25) is 0 Å². The number of ether oxygens (including phenoxy) is 1. The summed E-state index contributed by atoms with van der Waals surface area (Å²) >= 11 is 0. The van der Waals surface area contributed by atoms with E-state index in [0.717, 1.165) is 13.2 Å². The Labute approximate surface area is 89.1 Å². The summed E-state index contributed by atoms with van der Waals surface area (Å²) in [6.07, 6.45) is 0. The predicted octanol–water partition coefficient (Wildman–Crippen LogP) is 2.13. The number of carboxylic acid groups (broad SMARTS) is 1. The third kappa shape index (κ3) is 5.70. The molecule has 4 nitrogen and oxygen atoms in total. The van der Waals surface area contributed by atoms with E-state index in [-0.39, 0.29) is 11.3 Å². The number of aromatic hydroxyl groups is 1. The van der Waals surface area contributed by atoms with E-state index in [1.807, 2.05) is 13.8 Å². The second-order valence-electron chi connectivity index (χ2n) is 2.60. The van der Waals surface area contributed by atoms with Crippen LogP contribution in [-0.4, -0.2) is 29.4 Å². The van der Waals surface area contributed by atoms with Crippen LogP contribution in [-0.2, 0) is 4.74 Å². The highest BCUT2D eigenvalue weighted by atomic mass is 16.5. The minimum absolute atomic E-state index is 0.0671. The molecule has 0 aliphatic carbocycles. The lowest BCUT2D eigenvalue weighted by Gasteiger charge is -1.95. The lowest BCUT2D eigenvalue weighted by Crippen LogP contribution is -1.95. The van der Waals surface area contributed by atoms with Crippen LogP contribution in [0.1, 0.15) is 24.2 Å². The molecule has 0 aliphatic rings. The van der Waals surface area contributed by atoms with Crippen LogP contribution >= 0.6 is 0 Å². The maximum atomic E-state index is 10.3. The Morgan fingerprint density at radius 1 is 1.27 bits per heavy atom. The lowest BCUT2D eigenvalue weighted by atomic mass is 10.2. The topological polar surface area (TPSA) is 66.8 Å². The van der Waals surface area contributed by atoms with Crippen molar-refractivity contribution in [1.29, 1.82) is 0 Å². The fourth-order valence-electron chi connectivity index (χ4n) is 0.859. The molecule has 0 fully saturated rings. The molecule has 4 heteroatoms. The molecule has 0 atom stereocenters. The van der Waals surface area contributed by atoms with E-state index >= 15 is 0 Å². The number of benzene rings is 1. The van der Waals surface area contributed by atoms with Gasteiger partial charge in [0.25, 0.3) is 0 Å². The largest absolute Gasteiger partial charge is 0.507 e. The average Bonchev–Trinajstić information content (AvgIpc) is 2.20. The van der Waals surface area contributed by atoms with E-state index in [4.69, 9.17) is 14.9 Å². The molecule has 0 amide bonds. The second-order valence-corrected chi connectivity index (χ2v) is 2.60. The summed E-state index contributed by atoms with van der Waals surface area (Å²) in [4.78, 5) is 10.3. The van der Waals surface area contributed by atoms with E-state index in [1.54, 1.807) is 12.1 Å². The lowest BCUT2D eigenvalue weighted by molar-refractivity contribution is 0.0693. The van der Waals surface area contributed by atoms with E-state index in [1.165, 1.54) is 12.1 Å². The third-order valence-electron chi connectivity index (χ3n) is 1.54. The van der Waals surface area contributed by atoms with Gasteiger partial charge in [0.1, 0.15) is 11.3 Å². The third-order valence-corrected chi connectivity index (χ3v) is 1.54. The van der Waals surface area contributed by atoms with Gasteiger partial charge in [0, 0.05) is 13.2 Å². The Morgan fingerprint density at radius 3 is 2.07 bits per heavy atom. The molecular weight excluding hydrogens is 196 g/mol. The first-order valence-electron chi connectivity index (χ1n) is 4.72. The van der Waals surface area contributed by atoms with Gasteiger partial charge < -0.3 is 14.9 Å². The van der Waals surface area contributed by atoms with Gasteiger partial charge in [-0.1, -0.05) is 12.1 Å². The summed E-state index contributed by atoms with van der Waals surface area (Å²) in [6.45, 7) is 5.67. The van der Waals surface area contributed by atoms with Crippen molar-refractivity contribution in [3.05, 3.63) is 29.8 Å². The standard InChI is InChI=1S/C7H6O3.C4H10O/c8-6-4-2-1-3-5(6)7(9)10;1-3-5-4-2/h1-4,8H,(H,9,10);3-4H2,1-2H3. The quantitative estimate of drug-likeness (QED) is 0.805. The van der Waals surface area contributed by atoms with Crippen LogP contribution < -0.4 is 0 Å². The molecule has 0 spiro atoms. The molecule has 0 saturated carbocycles. The minimum atomic E-state index is -1.11. The second kappa shape index (κ2) is 7.82. The molecule has 0 bridgehead atoms. The van der Waals surface area contributed by atoms with Gasteiger partial charge in [0.2, 0.25) is 0 Å². The number of hydrogen-bond donors (Lipinski definition) is 2. The monoisotopic (exact) mass is 212 g/mol. The van der Waals surface area contributed by atoms with Crippen molar-refractivity contribution in [2.45, 2.75) is 13.8 Å². The first-order valence-corrected chi connectivity index (χ1v) is 4.72. The molecule has 0 radical (unpaired) electrons. The van der Waals surface area contributed by atoms with Crippen molar-refractivity contribution in [1.82, 2.24) is 0 Å². The molecule has 15 heavy (non-hydrogen) atoms. The molecule has 0 heterocycles. The number of para-hydroxylation sites is 1. The van der Waals surface area contributed by atoms with Crippen molar-refractivity contribution in [2.75, 3.05) is 13.2 Å². The molecule has 1 rings (SSSR count). The predicted molar refractivity (Wildman–Crippen MR) is 57.2 cm³/mol. The number of rotatable bonds is 3. The Hall–Kier alpha value is -1.55. The summed E-state index contributed by atoms with van der Waals surface area (Å²) in [7, 11) is 0. The highest BCUT2D eigenvalue weighted by molar-refractivity contribution is 5.90. The number of phenols is 1. The fraction of sp³-hybridized carbons (Fsp3) is 0.364. The van der Waals surface area contributed by atoms with E-state index in [2.05, 4.69) is 0 Å². The molecule has 2 N–H and O–H groups in total. The van der Waals surface area contributed by atoms with Gasteiger partial charge in [-0.2, -0.15) is 0 Å². The Morgan fingerprint density at radius 2 is 1.80 bits per heavy atom. The highest BCUT2D eigenvalue weighted by Gasteiger charge is 2.05. The van der Waals surface area contributed by atoms with Gasteiger partial charge in [-0.25, -0.2) is 4.79 Å². The first kappa shape index (κ1) is 13.4. The zero-order valence-corrected chi connectivity index (χ0v) is 8.93. The summed E-state index contributed by atoms with van der Waals surface area (Å²) in [5.74, 6) is -1.31. The van der Waals surface area contributed by atoms with Crippen LogP contribution in [0.2, 0.25) is 0 Å². The molecule has 1 aromatic rings. The van der Waals surface area contributed by atoms with Gasteiger partial charge in [-0.15, -0.1) is 0 Å². The van der Waals surface area contributed by atoms with Crippen LogP contribution in [0, 0.1) is 0 Å². The minimum Gasteiger partial charge on any atom is -0.507 e. The first-order chi connectivity index (χ1) is 7.13. The highest BCUT2D eigenvalue weighted by Crippen LogP contribution is 2.14. The summed E-state index contributed by atoms with van der Waals surface area (Å²) in [5, 5.41) is 17.3. The maximum Gasteiger partial charge on any atom is 0.339 e. The van der Waals surface area contributed by atoms with E-state index in [9.17, 15) is 4.79 Å². The molecule has 0 aliphatic heterocycles. The van der Waals surface area contributed by atoms with E-state index < -0.39 is 5.97 Å². The van der Waals surface area contributed by atoms with Crippen molar-refractivity contribution < 1.29 is 19.7 Å². The normalized spacial score (nSPS) is 8.93. The Balaban J connectivity index is 0.000000336. The SMILES string of the molecule is CCOCC.O=C(O)c1ccccc1O. The van der Waals surface area contributed by atoms with Crippen molar-refractivity contribution >= 4 is 5.97 Å². The van der Waals surface area contributed by atoms with Crippen molar-refractivity contribution in [3.63, 3.8) is 0 Å². The average molecular weight is 212 g/mol. The van der Waals surface area contributed by atoms with Gasteiger partial charge in [0.05, 0.1) is 0 Å². The Kier molecular flexibility index (Phi) is 7.01. The molecule has 0 saturated heterocycles. The van der Waals surface area contributed by atoms with Crippen LogP contribution in [0.3, 0.4) is 0 Å². The van der Waals surface area contributed by atoms with Gasteiger partial charge >= 0.3 is 5.97 Å². The molecule has 84 valence electrons. The summed E-state index contributed by atoms with van der Waals surface area (Å²) in [6, 6.07) is 5.81. The Bertz CT molecular complexity index is 294. The number of carbonyl (C=O) groups is 1. The van der Waals surface area contributed by atoms with Gasteiger partial charge in [-0.05, 0) is 26.0 Å². The zero-order chi connectivity index (χ0) is 11.7. The van der Waals surface area contributed by atoms with Crippen molar-refractivity contribution in [3.8, 4) is 5.75 Å². The van der Waals surface area contributed by atoms with Crippen LogP contribution in [0.15, 0.2) is 24.3 Å². The summed E-state index contributed by atoms with van der Waals surface area (Å²) in [5.41, 5.74) is -0.0671. The smallest absolute Gasteiger partial charge is 0.339 e. The molecule has 1 aromatic carbocycles. The van der Waals surface area contributed by atoms with Crippen LogP contribution in [0.4, 0.5) is 0 Å². The number of aromatic carboxylic acids is 1. The maximum absolute atomic E-state index is 10.3. The molecule has 0 unspecified atom stereocenters. The fourth-order valence-corrected chi connectivity index (χ4v) is 0.859. The van der Waals surface area contributed by atoms with Crippen LogP contribution in [0.25, 0.3) is 0 Å². The van der Waals surface area contributed by atoms with Gasteiger partial charge in [0.15, 0.2) is 0 Å². The van der Waals surface area contributed by atoms with Crippen LogP contribution in [0.5, 0.6) is 5.75 Å². The number of hydrogen-bond acceptors (Lipinski definition) is 3. The number of carboxylic acids is 1. The van der Waals surface area contributed by atoms with E-state index in [0.29, 0.717) is 0 Å². The van der Waals surface area contributed by atoms with Crippen molar-refractivity contribution in [2.24, 2.45) is 0 Å². The zero-order valence-electron chi connectivity index (χ0n) is 8.93. The molecule has 0 aromatic heterocycles. The molecular formula is C11H16O4. The summed E-state index contributed by atoms with van der Waals surface area (Å²) < 4.78 is 4.83.